The van der Waals surface area contributed by atoms with Crippen LogP contribution < -0.4 is 0 Å². The molecule has 20 heavy (non-hydrogen) atoms. The van der Waals surface area contributed by atoms with Crippen LogP contribution in [-0.2, 0) is 0 Å². The second-order valence-corrected chi connectivity index (χ2v) is 5.86. The molecule has 0 amide bonds. The fourth-order valence-corrected chi connectivity index (χ4v) is 1.90. The number of unbranched alkanes of at least 4 members (excludes halogenated alkanes) is 3. The number of aliphatic hydroxyl groups excluding tert-OH is 4. The first-order valence-electron chi connectivity index (χ1n) is 7.94. The van der Waals surface area contributed by atoms with Crippen molar-refractivity contribution < 1.29 is 20.4 Å². The number of aliphatic hydroxyl groups is 4. The molecule has 0 bridgehead atoms. The van der Waals surface area contributed by atoms with E-state index in [0.29, 0.717) is 0 Å². The van der Waals surface area contributed by atoms with E-state index in [0.717, 1.165) is 38.5 Å². The van der Waals surface area contributed by atoms with Gasteiger partial charge < -0.3 is 20.4 Å². The van der Waals surface area contributed by atoms with Gasteiger partial charge in [-0.15, -0.1) is 0 Å². The van der Waals surface area contributed by atoms with Crippen molar-refractivity contribution in [3.8, 4) is 0 Å². The van der Waals surface area contributed by atoms with Crippen molar-refractivity contribution in [3.05, 3.63) is 0 Å². The molecule has 0 saturated heterocycles. The summed E-state index contributed by atoms with van der Waals surface area (Å²) in [6.45, 7) is 8.65. The Morgan fingerprint density at radius 1 is 0.900 bits per heavy atom. The molecule has 4 N–H and O–H groups in total. The highest BCUT2D eigenvalue weighted by molar-refractivity contribution is 4.83. The maximum absolute atomic E-state index is 9.88. The minimum Gasteiger partial charge on any atom is -0.396 e. The van der Waals surface area contributed by atoms with Crippen molar-refractivity contribution >= 4 is 0 Å². The first-order valence-corrected chi connectivity index (χ1v) is 7.94. The molecule has 0 radical (unpaired) electrons. The molecule has 0 aliphatic carbocycles. The molecule has 0 aromatic carbocycles. The van der Waals surface area contributed by atoms with Gasteiger partial charge in [-0.2, -0.15) is 0 Å². The number of rotatable bonds is 10. The Hall–Kier alpha value is -0.160. The van der Waals surface area contributed by atoms with E-state index in [1.165, 1.54) is 0 Å². The summed E-state index contributed by atoms with van der Waals surface area (Å²) in [5, 5.41) is 35.6. The largest absolute Gasteiger partial charge is 0.396 e. The predicted octanol–water partition coefficient (Wildman–Crippen LogP) is 2.33. The Labute approximate surface area is 124 Å². The zero-order chi connectivity index (χ0) is 16.0. The first-order chi connectivity index (χ1) is 9.43. The topological polar surface area (TPSA) is 80.9 Å². The fourth-order valence-electron chi connectivity index (χ4n) is 1.90. The zero-order valence-electron chi connectivity index (χ0n) is 13.8. The lowest BCUT2D eigenvalue weighted by Gasteiger charge is -2.35. The molecule has 4 heteroatoms. The minimum absolute atomic E-state index is 0.0645. The monoisotopic (exact) mass is 292 g/mol. The van der Waals surface area contributed by atoms with E-state index in [9.17, 15) is 5.11 Å². The highest BCUT2D eigenvalue weighted by Crippen LogP contribution is 2.30. The normalized spacial score (nSPS) is 16.8. The maximum atomic E-state index is 9.88. The fraction of sp³-hybridized carbons (Fsp3) is 1.00. The van der Waals surface area contributed by atoms with Gasteiger partial charge in [0.25, 0.3) is 0 Å². The summed E-state index contributed by atoms with van der Waals surface area (Å²) >= 11 is 0. The molecule has 0 aliphatic heterocycles. The van der Waals surface area contributed by atoms with E-state index in [2.05, 4.69) is 6.92 Å². The van der Waals surface area contributed by atoms with Crippen LogP contribution in [0.15, 0.2) is 0 Å². The molecular weight excluding hydrogens is 256 g/mol. The number of hydrogen-bond acceptors (Lipinski definition) is 4. The Kier molecular flexibility index (Phi) is 15.3. The van der Waals surface area contributed by atoms with E-state index >= 15 is 0 Å². The summed E-state index contributed by atoms with van der Waals surface area (Å²) in [7, 11) is 0. The molecule has 4 nitrogen and oxygen atoms in total. The van der Waals surface area contributed by atoms with Crippen LogP contribution in [0, 0.1) is 11.3 Å². The van der Waals surface area contributed by atoms with E-state index in [4.69, 9.17) is 15.3 Å². The van der Waals surface area contributed by atoms with Gasteiger partial charge in [-0.25, -0.2) is 0 Å². The van der Waals surface area contributed by atoms with E-state index in [1.807, 2.05) is 20.8 Å². The smallest absolute Gasteiger partial charge is 0.0641 e. The van der Waals surface area contributed by atoms with Gasteiger partial charge in [0.2, 0.25) is 0 Å². The van der Waals surface area contributed by atoms with Gasteiger partial charge in [0.05, 0.1) is 12.7 Å². The second kappa shape index (κ2) is 13.8. The van der Waals surface area contributed by atoms with Crippen LogP contribution in [0.5, 0.6) is 0 Å². The third-order valence-electron chi connectivity index (χ3n) is 4.13. The van der Waals surface area contributed by atoms with Crippen molar-refractivity contribution in [2.45, 2.75) is 72.3 Å². The first kappa shape index (κ1) is 22.1. The Morgan fingerprint density at radius 3 is 1.60 bits per heavy atom. The van der Waals surface area contributed by atoms with Crippen molar-refractivity contribution in [2.75, 3.05) is 19.8 Å². The second-order valence-electron chi connectivity index (χ2n) is 5.86. The molecule has 0 aromatic heterocycles. The van der Waals surface area contributed by atoms with Gasteiger partial charge in [0.1, 0.15) is 0 Å². The molecule has 0 aliphatic rings. The molecule has 0 rings (SSSR count). The standard InChI is InChI=1S/C10H22O2.C6H14O2/c1-5-8(3)9(12)10(4,6-2)7-11;7-5-3-1-2-4-6-8/h8-9,11-12H,5-7H2,1-4H3;7-8H,1-6H2. The van der Waals surface area contributed by atoms with E-state index in [-0.39, 0.29) is 31.2 Å². The summed E-state index contributed by atoms with van der Waals surface area (Å²) in [4.78, 5) is 0. The van der Waals surface area contributed by atoms with Gasteiger partial charge in [-0.3, -0.25) is 0 Å². The summed E-state index contributed by atoms with van der Waals surface area (Å²) in [6.07, 6.45) is 5.21. The quantitative estimate of drug-likeness (QED) is 0.466. The van der Waals surface area contributed by atoms with Crippen LogP contribution in [-0.4, -0.2) is 46.4 Å². The Bertz CT molecular complexity index is 187. The molecule has 0 saturated carbocycles. The van der Waals surface area contributed by atoms with Crippen molar-refractivity contribution in [2.24, 2.45) is 11.3 Å². The molecule has 0 spiro atoms. The highest BCUT2D eigenvalue weighted by Gasteiger charge is 2.33. The Morgan fingerprint density at radius 2 is 1.35 bits per heavy atom. The average Bonchev–Trinajstić information content (AvgIpc) is 2.49. The summed E-state index contributed by atoms with van der Waals surface area (Å²) < 4.78 is 0. The van der Waals surface area contributed by atoms with Gasteiger partial charge in [-0.05, 0) is 25.2 Å². The molecule has 0 aromatic rings. The SMILES string of the molecule is CCC(C)C(O)C(C)(CC)CO.OCCCCCCO. The third-order valence-corrected chi connectivity index (χ3v) is 4.13. The summed E-state index contributed by atoms with van der Waals surface area (Å²) in [6, 6.07) is 0. The van der Waals surface area contributed by atoms with Gasteiger partial charge in [-0.1, -0.05) is 47.0 Å². The van der Waals surface area contributed by atoms with Crippen molar-refractivity contribution in [1.82, 2.24) is 0 Å². The third kappa shape index (κ3) is 9.70. The van der Waals surface area contributed by atoms with Gasteiger partial charge in [0, 0.05) is 18.6 Å². The van der Waals surface area contributed by atoms with Crippen LogP contribution >= 0.6 is 0 Å². The maximum Gasteiger partial charge on any atom is 0.0641 e. The molecule has 3 unspecified atom stereocenters. The minimum atomic E-state index is -0.391. The molecule has 0 fully saturated rings. The highest BCUT2D eigenvalue weighted by atomic mass is 16.3. The van der Waals surface area contributed by atoms with Crippen LogP contribution in [0.1, 0.15) is 66.2 Å². The Balaban J connectivity index is 0. The van der Waals surface area contributed by atoms with E-state index < -0.39 is 6.10 Å². The lowest BCUT2D eigenvalue weighted by molar-refractivity contribution is -0.0395. The summed E-state index contributed by atoms with van der Waals surface area (Å²) in [5.41, 5.74) is -0.324. The zero-order valence-corrected chi connectivity index (χ0v) is 13.8. The van der Waals surface area contributed by atoms with Crippen LogP contribution in [0.3, 0.4) is 0 Å². The molecular formula is C16H36O4. The predicted molar refractivity (Wildman–Crippen MR) is 83.6 cm³/mol. The van der Waals surface area contributed by atoms with Crippen molar-refractivity contribution in [1.29, 1.82) is 0 Å². The van der Waals surface area contributed by atoms with E-state index in [1.54, 1.807) is 0 Å². The van der Waals surface area contributed by atoms with Crippen LogP contribution in [0.2, 0.25) is 0 Å². The van der Waals surface area contributed by atoms with Crippen LogP contribution in [0.25, 0.3) is 0 Å². The molecule has 0 heterocycles. The molecule has 3 atom stereocenters. The lowest BCUT2D eigenvalue weighted by Crippen LogP contribution is -2.39. The summed E-state index contributed by atoms with van der Waals surface area (Å²) in [5.74, 6) is 0.266. The van der Waals surface area contributed by atoms with Gasteiger partial charge in [0.15, 0.2) is 0 Å². The average molecular weight is 292 g/mol. The molecule has 124 valence electrons. The van der Waals surface area contributed by atoms with Crippen LogP contribution in [0.4, 0.5) is 0 Å². The number of hydrogen-bond donors (Lipinski definition) is 4. The van der Waals surface area contributed by atoms with Crippen molar-refractivity contribution in [3.63, 3.8) is 0 Å². The lowest BCUT2D eigenvalue weighted by atomic mass is 9.76. The van der Waals surface area contributed by atoms with Gasteiger partial charge >= 0.3 is 0 Å².